The molecule has 2 nitrogen and oxygen atoms in total. The summed E-state index contributed by atoms with van der Waals surface area (Å²) in [6, 6.07) is 0. The van der Waals surface area contributed by atoms with Gasteiger partial charge in [0.15, 0.2) is 0 Å². The Balaban J connectivity index is 3.76. The van der Waals surface area contributed by atoms with Crippen molar-refractivity contribution in [3.8, 4) is 0 Å². The highest BCUT2D eigenvalue weighted by Crippen LogP contribution is 2.06. The second-order valence-corrected chi connectivity index (χ2v) is 4.78. The third-order valence-electron chi connectivity index (χ3n) is 3.03. The molecule has 0 spiro atoms. The van der Waals surface area contributed by atoms with Crippen LogP contribution in [0.25, 0.3) is 0 Å². The van der Waals surface area contributed by atoms with Gasteiger partial charge in [-0.3, -0.25) is 0 Å². The lowest BCUT2D eigenvalue weighted by Gasteiger charge is -2.26. The Labute approximate surface area is 96.4 Å². The van der Waals surface area contributed by atoms with Crippen LogP contribution in [0.4, 0.5) is 0 Å². The summed E-state index contributed by atoms with van der Waals surface area (Å²) in [5.74, 6) is 1.59. The van der Waals surface area contributed by atoms with Crippen molar-refractivity contribution in [2.45, 2.75) is 41.0 Å². The molecule has 0 aromatic heterocycles. The van der Waals surface area contributed by atoms with Crippen LogP contribution < -0.4 is 5.32 Å². The fourth-order valence-electron chi connectivity index (χ4n) is 1.80. The molecule has 0 aromatic rings. The van der Waals surface area contributed by atoms with Crippen molar-refractivity contribution < 1.29 is 0 Å². The molecule has 0 saturated carbocycles. The highest BCUT2D eigenvalue weighted by molar-refractivity contribution is 4.65. The summed E-state index contributed by atoms with van der Waals surface area (Å²) in [5.41, 5.74) is 0. The van der Waals surface area contributed by atoms with Gasteiger partial charge < -0.3 is 10.2 Å². The molecular formula is C13H30N2. The predicted molar refractivity (Wildman–Crippen MR) is 69.3 cm³/mol. The maximum Gasteiger partial charge on any atom is 0.00191 e. The zero-order valence-corrected chi connectivity index (χ0v) is 11.3. The first-order valence-corrected chi connectivity index (χ1v) is 6.56. The van der Waals surface area contributed by atoms with E-state index >= 15 is 0 Å². The van der Waals surface area contributed by atoms with Crippen LogP contribution in [0.5, 0.6) is 0 Å². The molecule has 15 heavy (non-hydrogen) atoms. The molecule has 0 aromatic carbocycles. The van der Waals surface area contributed by atoms with Gasteiger partial charge >= 0.3 is 0 Å². The summed E-state index contributed by atoms with van der Waals surface area (Å²) in [7, 11) is 0. The van der Waals surface area contributed by atoms with E-state index in [0.717, 1.165) is 24.9 Å². The van der Waals surface area contributed by atoms with E-state index in [1.807, 2.05) is 0 Å². The summed E-state index contributed by atoms with van der Waals surface area (Å²) in [4.78, 5) is 2.58. The summed E-state index contributed by atoms with van der Waals surface area (Å²) < 4.78 is 0. The number of nitrogens with zero attached hydrogens (tertiary/aromatic N) is 1. The van der Waals surface area contributed by atoms with Crippen LogP contribution in [0.3, 0.4) is 0 Å². The fourth-order valence-corrected chi connectivity index (χ4v) is 1.80. The van der Waals surface area contributed by atoms with Gasteiger partial charge in [-0.2, -0.15) is 0 Å². The average molecular weight is 214 g/mol. The molecule has 0 saturated heterocycles. The van der Waals surface area contributed by atoms with E-state index in [1.54, 1.807) is 0 Å². The van der Waals surface area contributed by atoms with Crippen molar-refractivity contribution in [3.05, 3.63) is 0 Å². The van der Waals surface area contributed by atoms with Crippen LogP contribution in [0, 0.1) is 11.8 Å². The Morgan fingerprint density at radius 2 is 1.60 bits per heavy atom. The van der Waals surface area contributed by atoms with Crippen LogP contribution in [0.2, 0.25) is 0 Å². The summed E-state index contributed by atoms with van der Waals surface area (Å²) in [5, 5.41) is 3.42. The Hall–Kier alpha value is -0.0800. The molecular weight excluding hydrogens is 184 g/mol. The lowest BCUT2D eigenvalue weighted by Crippen LogP contribution is -2.35. The molecule has 0 bridgehead atoms. The van der Waals surface area contributed by atoms with E-state index in [4.69, 9.17) is 0 Å². The van der Waals surface area contributed by atoms with Gasteiger partial charge in [-0.25, -0.2) is 0 Å². The quantitative estimate of drug-likeness (QED) is 0.635. The van der Waals surface area contributed by atoms with Crippen LogP contribution >= 0.6 is 0 Å². The van der Waals surface area contributed by atoms with Crippen LogP contribution in [-0.2, 0) is 0 Å². The minimum absolute atomic E-state index is 0.758. The van der Waals surface area contributed by atoms with E-state index in [-0.39, 0.29) is 0 Å². The Morgan fingerprint density at radius 3 is 2.07 bits per heavy atom. The number of nitrogens with one attached hydrogen (secondary N) is 1. The molecule has 0 amide bonds. The summed E-state index contributed by atoms with van der Waals surface area (Å²) in [6.45, 7) is 17.3. The van der Waals surface area contributed by atoms with Crippen molar-refractivity contribution in [2.24, 2.45) is 11.8 Å². The molecule has 1 N–H and O–H groups in total. The minimum Gasteiger partial charge on any atom is -0.317 e. The van der Waals surface area contributed by atoms with E-state index in [1.165, 1.54) is 26.1 Å². The first-order valence-electron chi connectivity index (χ1n) is 6.56. The fraction of sp³-hybridized carbons (Fsp3) is 1.00. The molecule has 92 valence electrons. The number of rotatable bonds is 9. The highest BCUT2D eigenvalue weighted by Gasteiger charge is 2.10. The third kappa shape index (κ3) is 7.80. The van der Waals surface area contributed by atoms with Crippen molar-refractivity contribution in [3.63, 3.8) is 0 Å². The zero-order chi connectivity index (χ0) is 11.7. The van der Waals surface area contributed by atoms with Gasteiger partial charge in [0.2, 0.25) is 0 Å². The monoisotopic (exact) mass is 214 g/mol. The predicted octanol–water partition coefficient (Wildman–Crippen LogP) is 2.60. The zero-order valence-electron chi connectivity index (χ0n) is 11.3. The van der Waals surface area contributed by atoms with Crippen molar-refractivity contribution in [1.29, 1.82) is 0 Å². The average Bonchev–Trinajstić information content (AvgIpc) is 2.25. The van der Waals surface area contributed by atoms with Gasteiger partial charge in [0, 0.05) is 13.1 Å². The van der Waals surface area contributed by atoms with Gasteiger partial charge in [0.25, 0.3) is 0 Å². The van der Waals surface area contributed by atoms with Crippen molar-refractivity contribution in [2.75, 3.05) is 32.7 Å². The van der Waals surface area contributed by atoms with Gasteiger partial charge in [-0.05, 0) is 31.5 Å². The number of hydrogen-bond donors (Lipinski definition) is 1. The third-order valence-corrected chi connectivity index (χ3v) is 3.03. The molecule has 2 heteroatoms. The SMILES string of the molecule is CCNCC(C)CN(CC)CC(C)CC. The van der Waals surface area contributed by atoms with Crippen molar-refractivity contribution >= 4 is 0 Å². The smallest absolute Gasteiger partial charge is 0.00191 e. The first kappa shape index (κ1) is 14.9. The minimum atomic E-state index is 0.758. The normalized spacial score (nSPS) is 15.6. The van der Waals surface area contributed by atoms with E-state index in [9.17, 15) is 0 Å². The van der Waals surface area contributed by atoms with E-state index in [2.05, 4.69) is 44.8 Å². The lowest BCUT2D eigenvalue weighted by atomic mass is 10.1. The summed E-state index contributed by atoms with van der Waals surface area (Å²) >= 11 is 0. The largest absolute Gasteiger partial charge is 0.317 e. The van der Waals surface area contributed by atoms with Crippen LogP contribution in [-0.4, -0.2) is 37.6 Å². The molecule has 0 fully saturated rings. The topological polar surface area (TPSA) is 15.3 Å². The second-order valence-electron chi connectivity index (χ2n) is 4.78. The van der Waals surface area contributed by atoms with Crippen LogP contribution in [0.1, 0.15) is 41.0 Å². The van der Waals surface area contributed by atoms with Crippen LogP contribution in [0.15, 0.2) is 0 Å². The standard InChI is InChI=1S/C13H30N2/c1-6-12(4)10-15(8-3)11-13(5)9-14-7-2/h12-14H,6-11H2,1-5H3. The molecule has 0 aliphatic carbocycles. The Kier molecular flexibility index (Phi) is 9.12. The van der Waals surface area contributed by atoms with Gasteiger partial charge in [0.1, 0.15) is 0 Å². The van der Waals surface area contributed by atoms with Crippen molar-refractivity contribution in [1.82, 2.24) is 10.2 Å². The molecule has 0 rings (SSSR count). The maximum atomic E-state index is 3.42. The van der Waals surface area contributed by atoms with E-state index in [0.29, 0.717) is 0 Å². The molecule has 0 aliphatic heterocycles. The first-order chi connectivity index (χ1) is 7.13. The Morgan fingerprint density at radius 1 is 1.00 bits per heavy atom. The lowest BCUT2D eigenvalue weighted by molar-refractivity contribution is 0.214. The van der Waals surface area contributed by atoms with Gasteiger partial charge in [0.05, 0.1) is 0 Å². The summed E-state index contributed by atoms with van der Waals surface area (Å²) in [6.07, 6.45) is 1.29. The van der Waals surface area contributed by atoms with Gasteiger partial charge in [-0.1, -0.05) is 41.0 Å². The maximum absolute atomic E-state index is 3.42. The second kappa shape index (κ2) is 9.17. The molecule has 2 atom stereocenters. The molecule has 2 unspecified atom stereocenters. The number of hydrogen-bond acceptors (Lipinski definition) is 2. The molecule has 0 aliphatic rings. The Bertz CT molecular complexity index is 136. The van der Waals surface area contributed by atoms with E-state index < -0.39 is 0 Å². The van der Waals surface area contributed by atoms with Gasteiger partial charge in [-0.15, -0.1) is 0 Å². The molecule has 0 radical (unpaired) electrons. The highest BCUT2D eigenvalue weighted by atomic mass is 15.1. The molecule has 0 heterocycles.